The van der Waals surface area contributed by atoms with E-state index in [0.717, 1.165) is 0 Å². The molecule has 0 spiro atoms. The molecule has 0 radical (unpaired) electrons. The monoisotopic (exact) mass is 235 g/mol. The normalized spacial score (nSPS) is 10.4. The minimum Gasteiger partial charge on any atom is -0.469 e. The largest absolute Gasteiger partial charge is 0.469 e. The van der Waals surface area contributed by atoms with E-state index in [1.807, 2.05) is 0 Å². The summed E-state index contributed by atoms with van der Waals surface area (Å²) in [4.78, 5) is 19.2. The number of nitrogen functional groups attached to an aromatic ring is 1. The number of esters is 1. The van der Waals surface area contributed by atoms with Crippen molar-refractivity contribution in [3.05, 3.63) is 18.6 Å². The number of hydrogen-bond acceptors (Lipinski definition) is 6. The van der Waals surface area contributed by atoms with E-state index in [9.17, 15) is 4.79 Å². The Morgan fingerprint density at radius 1 is 1.65 bits per heavy atom. The standard InChI is InChI=1S/C10H13N5O2/c1-17-8(16)2-3-12-9-10-13-4-5-15(10)6-7(11)14-9/h4-6H,2-3,11H2,1H3,(H,12,14). The lowest BCUT2D eigenvalue weighted by atomic mass is 10.4. The quantitative estimate of drug-likeness (QED) is 0.739. The van der Waals surface area contributed by atoms with Crippen LogP contribution in [0.5, 0.6) is 0 Å². The number of nitrogens with one attached hydrogen (secondary N) is 1. The molecule has 0 saturated carbocycles. The minimum atomic E-state index is -0.277. The summed E-state index contributed by atoms with van der Waals surface area (Å²) in [5.41, 5.74) is 6.32. The van der Waals surface area contributed by atoms with E-state index in [0.29, 0.717) is 23.8 Å². The maximum Gasteiger partial charge on any atom is 0.307 e. The van der Waals surface area contributed by atoms with Crippen LogP contribution in [0.3, 0.4) is 0 Å². The van der Waals surface area contributed by atoms with Crippen molar-refractivity contribution in [2.45, 2.75) is 6.42 Å². The van der Waals surface area contributed by atoms with Gasteiger partial charge in [0, 0.05) is 18.9 Å². The van der Waals surface area contributed by atoms with Crippen LogP contribution in [0.4, 0.5) is 11.6 Å². The third-order valence-corrected chi connectivity index (χ3v) is 2.24. The zero-order valence-corrected chi connectivity index (χ0v) is 9.38. The average molecular weight is 235 g/mol. The van der Waals surface area contributed by atoms with Gasteiger partial charge in [0.2, 0.25) is 0 Å². The summed E-state index contributed by atoms with van der Waals surface area (Å²) in [6.45, 7) is 0.422. The van der Waals surface area contributed by atoms with Crippen molar-refractivity contribution in [3.63, 3.8) is 0 Å². The van der Waals surface area contributed by atoms with Gasteiger partial charge in [-0.3, -0.25) is 4.79 Å². The van der Waals surface area contributed by atoms with Gasteiger partial charge in [0.25, 0.3) is 0 Å². The summed E-state index contributed by atoms with van der Waals surface area (Å²) < 4.78 is 6.31. The summed E-state index contributed by atoms with van der Waals surface area (Å²) in [7, 11) is 1.36. The highest BCUT2D eigenvalue weighted by Gasteiger charge is 2.06. The van der Waals surface area contributed by atoms with Crippen molar-refractivity contribution in [2.75, 3.05) is 24.7 Å². The molecule has 0 saturated heterocycles. The van der Waals surface area contributed by atoms with E-state index >= 15 is 0 Å². The predicted molar refractivity (Wildman–Crippen MR) is 62.5 cm³/mol. The zero-order chi connectivity index (χ0) is 12.3. The van der Waals surface area contributed by atoms with Crippen molar-refractivity contribution in [1.29, 1.82) is 0 Å². The van der Waals surface area contributed by atoms with Crippen LogP contribution >= 0.6 is 0 Å². The lowest BCUT2D eigenvalue weighted by Crippen LogP contribution is -2.12. The fourth-order valence-corrected chi connectivity index (χ4v) is 1.45. The van der Waals surface area contributed by atoms with Gasteiger partial charge >= 0.3 is 5.97 Å². The van der Waals surface area contributed by atoms with Crippen molar-refractivity contribution in [3.8, 4) is 0 Å². The van der Waals surface area contributed by atoms with Crippen LogP contribution in [0, 0.1) is 0 Å². The fraction of sp³-hybridized carbons (Fsp3) is 0.300. The number of fused-ring (bicyclic) bond motifs is 1. The smallest absolute Gasteiger partial charge is 0.307 e. The van der Waals surface area contributed by atoms with Crippen LogP contribution in [0.1, 0.15) is 6.42 Å². The molecule has 0 aliphatic carbocycles. The highest BCUT2D eigenvalue weighted by atomic mass is 16.5. The highest BCUT2D eigenvalue weighted by Crippen LogP contribution is 2.14. The molecule has 2 heterocycles. The molecule has 0 unspecified atom stereocenters. The Balaban J connectivity index is 2.12. The van der Waals surface area contributed by atoms with E-state index in [4.69, 9.17) is 5.73 Å². The van der Waals surface area contributed by atoms with Crippen LogP contribution in [0.25, 0.3) is 5.65 Å². The highest BCUT2D eigenvalue weighted by molar-refractivity contribution is 5.70. The lowest BCUT2D eigenvalue weighted by molar-refractivity contribution is -0.140. The summed E-state index contributed by atoms with van der Waals surface area (Å²) in [6, 6.07) is 0. The number of methoxy groups -OCH3 is 1. The number of nitrogens with zero attached hydrogens (tertiary/aromatic N) is 3. The number of nitrogens with two attached hydrogens (primary N) is 1. The SMILES string of the molecule is COC(=O)CCNc1nc(N)cn2ccnc12. The van der Waals surface area contributed by atoms with Crippen LogP contribution in [0.2, 0.25) is 0 Å². The first-order valence-corrected chi connectivity index (χ1v) is 5.10. The van der Waals surface area contributed by atoms with Crippen LogP contribution in [-0.2, 0) is 9.53 Å². The van der Waals surface area contributed by atoms with Gasteiger partial charge in [0.15, 0.2) is 11.5 Å². The molecule has 7 heteroatoms. The summed E-state index contributed by atoms with van der Waals surface area (Å²) in [5, 5.41) is 3.00. The Kier molecular flexibility index (Phi) is 3.08. The first kappa shape index (κ1) is 11.2. The molecule has 0 aliphatic heterocycles. The van der Waals surface area contributed by atoms with E-state index in [1.165, 1.54) is 7.11 Å². The van der Waals surface area contributed by atoms with Crippen LogP contribution < -0.4 is 11.1 Å². The second-order valence-electron chi connectivity index (χ2n) is 3.43. The molecular formula is C10H13N5O2. The molecule has 2 aromatic heterocycles. The first-order chi connectivity index (χ1) is 8.20. The topological polar surface area (TPSA) is 94.5 Å². The first-order valence-electron chi connectivity index (χ1n) is 5.10. The molecule has 2 rings (SSSR count). The molecule has 0 amide bonds. The van der Waals surface area contributed by atoms with Gasteiger partial charge in [0.05, 0.1) is 19.7 Å². The molecule has 0 fully saturated rings. The number of rotatable bonds is 4. The Morgan fingerprint density at radius 3 is 3.24 bits per heavy atom. The third kappa shape index (κ3) is 2.44. The van der Waals surface area contributed by atoms with Gasteiger partial charge in [-0.25, -0.2) is 9.97 Å². The number of carbonyl (C=O) groups is 1. The minimum absolute atomic E-state index is 0.264. The summed E-state index contributed by atoms with van der Waals surface area (Å²) >= 11 is 0. The molecule has 17 heavy (non-hydrogen) atoms. The second-order valence-corrected chi connectivity index (χ2v) is 3.43. The van der Waals surface area contributed by atoms with Gasteiger partial charge < -0.3 is 20.2 Å². The van der Waals surface area contributed by atoms with E-state index in [-0.39, 0.29) is 12.4 Å². The fourth-order valence-electron chi connectivity index (χ4n) is 1.45. The van der Waals surface area contributed by atoms with Gasteiger partial charge in [-0.15, -0.1) is 0 Å². The van der Waals surface area contributed by atoms with Gasteiger partial charge in [-0.2, -0.15) is 0 Å². The predicted octanol–water partition coefficient (Wildman–Crippen LogP) is 0.286. The summed E-state index contributed by atoms with van der Waals surface area (Å²) in [6.07, 6.45) is 5.37. The molecule has 90 valence electrons. The zero-order valence-electron chi connectivity index (χ0n) is 9.38. The van der Waals surface area contributed by atoms with Gasteiger partial charge in [-0.1, -0.05) is 0 Å². The van der Waals surface area contributed by atoms with Gasteiger partial charge in [-0.05, 0) is 0 Å². The van der Waals surface area contributed by atoms with Crippen LogP contribution in [0.15, 0.2) is 18.6 Å². The van der Waals surface area contributed by atoms with E-state index < -0.39 is 0 Å². The molecule has 2 aromatic rings. The van der Waals surface area contributed by atoms with Crippen LogP contribution in [-0.4, -0.2) is 34.0 Å². The number of aromatic nitrogens is 3. The average Bonchev–Trinajstić information content (AvgIpc) is 2.76. The number of anilines is 2. The van der Waals surface area contributed by atoms with Crippen molar-refractivity contribution >= 4 is 23.3 Å². The third-order valence-electron chi connectivity index (χ3n) is 2.24. The maximum absolute atomic E-state index is 11.0. The Morgan fingerprint density at radius 2 is 2.47 bits per heavy atom. The van der Waals surface area contributed by atoms with E-state index in [2.05, 4.69) is 20.0 Å². The Hall–Kier alpha value is -2.31. The molecule has 0 aromatic carbocycles. The van der Waals surface area contributed by atoms with Gasteiger partial charge in [0.1, 0.15) is 5.82 Å². The molecule has 0 aliphatic rings. The lowest BCUT2D eigenvalue weighted by Gasteiger charge is -2.07. The van der Waals surface area contributed by atoms with Crippen molar-refractivity contribution in [2.24, 2.45) is 0 Å². The molecule has 3 N–H and O–H groups in total. The molecule has 0 bridgehead atoms. The molecular weight excluding hydrogens is 222 g/mol. The molecule has 0 atom stereocenters. The Bertz CT molecular complexity index is 536. The maximum atomic E-state index is 11.0. The van der Waals surface area contributed by atoms with Crippen molar-refractivity contribution in [1.82, 2.24) is 14.4 Å². The number of imidazole rings is 1. The summed E-state index contributed by atoms with van der Waals surface area (Å²) in [5.74, 6) is 0.663. The van der Waals surface area contributed by atoms with Crippen molar-refractivity contribution < 1.29 is 9.53 Å². The number of ether oxygens (including phenoxy) is 1. The number of hydrogen-bond donors (Lipinski definition) is 2. The second kappa shape index (κ2) is 4.69. The Labute approximate surface area is 97.6 Å². The van der Waals surface area contributed by atoms with E-state index in [1.54, 1.807) is 23.0 Å². The number of carbonyl (C=O) groups excluding carboxylic acids is 1. The molecule has 7 nitrogen and oxygen atoms in total.